The van der Waals surface area contributed by atoms with Gasteiger partial charge in [0.15, 0.2) is 0 Å². The summed E-state index contributed by atoms with van der Waals surface area (Å²) in [5.74, 6) is -2.09. The number of anilines is 1. The van der Waals surface area contributed by atoms with E-state index in [0.717, 1.165) is 4.90 Å². The predicted octanol–water partition coefficient (Wildman–Crippen LogP) is 2.96. The molecule has 1 atom stereocenters. The molecule has 0 bridgehead atoms. The van der Waals surface area contributed by atoms with Crippen LogP contribution in [-0.2, 0) is 9.59 Å². The van der Waals surface area contributed by atoms with Gasteiger partial charge in [0.2, 0.25) is 11.8 Å². The third-order valence-electron chi connectivity index (χ3n) is 4.18. The second-order valence-corrected chi connectivity index (χ2v) is 6.13. The molecule has 1 saturated heterocycles. The number of hydrogen-bond acceptors (Lipinski definition) is 3. The van der Waals surface area contributed by atoms with Gasteiger partial charge in [-0.1, -0.05) is 31.5 Å². The molecule has 0 saturated carbocycles. The first-order chi connectivity index (χ1) is 9.70. The lowest BCUT2D eigenvalue weighted by Crippen LogP contribution is -2.37. The summed E-state index contributed by atoms with van der Waals surface area (Å²) in [7, 11) is 0. The molecule has 0 aromatic heterocycles. The predicted molar refractivity (Wildman–Crippen MR) is 78.5 cm³/mol. The summed E-state index contributed by atoms with van der Waals surface area (Å²) in [4.78, 5) is 37.2. The van der Waals surface area contributed by atoms with Crippen molar-refractivity contribution in [2.45, 2.75) is 27.2 Å². The van der Waals surface area contributed by atoms with E-state index >= 15 is 0 Å². The molecule has 1 unspecified atom stereocenters. The van der Waals surface area contributed by atoms with E-state index in [0.29, 0.717) is 0 Å². The average molecular weight is 310 g/mol. The highest BCUT2D eigenvalue weighted by atomic mass is 35.5. The van der Waals surface area contributed by atoms with Crippen molar-refractivity contribution in [1.82, 2.24) is 0 Å². The highest BCUT2D eigenvalue weighted by Gasteiger charge is 2.51. The molecule has 1 N–H and O–H groups in total. The van der Waals surface area contributed by atoms with Gasteiger partial charge in [0, 0.05) is 6.42 Å². The topological polar surface area (TPSA) is 74.7 Å². The minimum absolute atomic E-state index is 0.00116. The van der Waals surface area contributed by atoms with Gasteiger partial charge in [-0.05, 0) is 25.0 Å². The lowest BCUT2D eigenvalue weighted by Gasteiger charge is -2.26. The zero-order chi connectivity index (χ0) is 15.9. The van der Waals surface area contributed by atoms with Crippen LogP contribution in [0.2, 0.25) is 5.02 Å². The number of halogens is 1. The van der Waals surface area contributed by atoms with Crippen molar-refractivity contribution < 1.29 is 19.5 Å². The lowest BCUT2D eigenvalue weighted by molar-refractivity contribution is -0.126. The zero-order valence-corrected chi connectivity index (χ0v) is 12.8. The quantitative estimate of drug-likeness (QED) is 0.871. The maximum Gasteiger partial charge on any atom is 0.339 e. The Labute approximate surface area is 127 Å². The van der Waals surface area contributed by atoms with Crippen molar-refractivity contribution >= 4 is 35.1 Å². The van der Waals surface area contributed by atoms with Crippen LogP contribution in [0.3, 0.4) is 0 Å². The van der Waals surface area contributed by atoms with Crippen LogP contribution in [0, 0.1) is 11.3 Å². The van der Waals surface area contributed by atoms with Gasteiger partial charge in [-0.15, -0.1) is 0 Å². The van der Waals surface area contributed by atoms with Gasteiger partial charge in [-0.3, -0.25) is 9.59 Å². The zero-order valence-electron chi connectivity index (χ0n) is 12.0. The molecule has 2 amide bonds. The highest BCUT2D eigenvalue weighted by molar-refractivity contribution is 6.35. The number of carboxylic acid groups (broad SMARTS) is 1. The molecule has 2 rings (SSSR count). The average Bonchev–Trinajstić information content (AvgIpc) is 2.60. The van der Waals surface area contributed by atoms with Gasteiger partial charge in [0.1, 0.15) is 5.56 Å². The van der Waals surface area contributed by atoms with Crippen LogP contribution in [-0.4, -0.2) is 22.9 Å². The van der Waals surface area contributed by atoms with Gasteiger partial charge in [0.05, 0.1) is 16.1 Å². The number of aromatic carboxylic acids is 1. The highest BCUT2D eigenvalue weighted by Crippen LogP contribution is 2.42. The lowest BCUT2D eigenvalue weighted by atomic mass is 9.78. The number of benzene rings is 1. The summed E-state index contributed by atoms with van der Waals surface area (Å²) >= 11 is 5.90. The van der Waals surface area contributed by atoms with E-state index in [9.17, 15) is 19.5 Å². The number of rotatable bonds is 3. The van der Waals surface area contributed by atoms with E-state index in [1.165, 1.54) is 18.2 Å². The van der Waals surface area contributed by atoms with Crippen LogP contribution >= 0.6 is 11.6 Å². The molecule has 0 radical (unpaired) electrons. The third-order valence-corrected chi connectivity index (χ3v) is 4.50. The summed E-state index contributed by atoms with van der Waals surface area (Å²) in [5.41, 5.74) is -1.02. The van der Waals surface area contributed by atoms with Gasteiger partial charge < -0.3 is 5.11 Å². The van der Waals surface area contributed by atoms with Crippen LogP contribution in [0.1, 0.15) is 37.6 Å². The number of carbonyl (C=O) groups excluding carboxylic acids is 2. The summed E-state index contributed by atoms with van der Waals surface area (Å²) in [6.07, 6.45) is 0.0646. The van der Waals surface area contributed by atoms with Gasteiger partial charge in [0.25, 0.3) is 0 Å². The SMILES string of the molecule is CC(C)C1(C)CC(=O)N(c2cccc(Cl)c2C(=O)O)C1=O. The number of amides is 2. The molecule has 6 heteroatoms. The largest absolute Gasteiger partial charge is 0.478 e. The normalized spacial score (nSPS) is 22.2. The van der Waals surface area contributed by atoms with Crippen LogP contribution in [0.5, 0.6) is 0 Å². The fraction of sp³-hybridized carbons (Fsp3) is 0.400. The van der Waals surface area contributed by atoms with Gasteiger partial charge in [-0.2, -0.15) is 0 Å². The summed E-state index contributed by atoms with van der Waals surface area (Å²) in [6, 6.07) is 4.37. The first-order valence-corrected chi connectivity index (χ1v) is 6.97. The van der Waals surface area contributed by atoms with Crippen LogP contribution in [0.25, 0.3) is 0 Å². The minimum atomic E-state index is -1.27. The number of nitrogens with zero attached hydrogens (tertiary/aromatic N) is 1. The maximum atomic E-state index is 12.6. The Bertz CT molecular complexity index is 641. The molecule has 1 heterocycles. The standard InChI is InChI=1S/C15H16ClNO4/c1-8(2)15(3)7-11(18)17(14(15)21)10-6-4-5-9(16)12(10)13(19)20/h4-6,8H,7H2,1-3H3,(H,19,20). The maximum absolute atomic E-state index is 12.6. The molecule has 21 heavy (non-hydrogen) atoms. The molecule has 1 aromatic carbocycles. The van der Waals surface area contributed by atoms with E-state index in [1.807, 2.05) is 13.8 Å². The number of imide groups is 1. The molecule has 5 nitrogen and oxygen atoms in total. The monoisotopic (exact) mass is 309 g/mol. The summed E-state index contributed by atoms with van der Waals surface area (Å²) in [5, 5.41) is 9.28. The molecule has 1 aromatic rings. The molecular weight excluding hydrogens is 294 g/mol. The van der Waals surface area contributed by atoms with Crippen LogP contribution < -0.4 is 4.90 Å². The Morgan fingerprint density at radius 3 is 2.48 bits per heavy atom. The van der Waals surface area contributed by atoms with Crippen molar-refractivity contribution in [2.75, 3.05) is 4.90 Å². The van der Waals surface area contributed by atoms with E-state index in [1.54, 1.807) is 6.92 Å². The second-order valence-electron chi connectivity index (χ2n) is 5.72. The Morgan fingerprint density at radius 1 is 1.38 bits per heavy atom. The van der Waals surface area contributed by atoms with Gasteiger partial charge >= 0.3 is 5.97 Å². The number of carbonyl (C=O) groups is 3. The van der Waals surface area contributed by atoms with Crippen molar-refractivity contribution in [2.24, 2.45) is 11.3 Å². The molecule has 1 aliphatic rings. The second kappa shape index (κ2) is 5.15. The van der Waals surface area contributed by atoms with Crippen molar-refractivity contribution in [1.29, 1.82) is 0 Å². The van der Waals surface area contributed by atoms with Crippen LogP contribution in [0.15, 0.2) is 18.2 Å². The molecule has 0 spiro atoms. The molecule has 112 valence electrons. The molecule has 1 aliphatic heterocycles. The Kier molecular flexibility index (Phi) is 3.80. The summed E-state index contributed by atoms with van der Waals surface area (Å²) < 4.78 is 0. The molecular formula is C15H16ClNO4. The van der Waals surface area contributed by atoms with Gasteiger partial charge in [-0.25, -0.2) is 9.69 Å². The molecule has 0 aliphatic carbocycles. The fourth-order valence-electron chi connectivity index (χ4n) is 2.44. The fourth-order valence-corrected chi connectivity index (χ4v) is 2.69. The number of hydrogen-bond donors (Lipinski definition) is 1. The molecule has 1 fully saturated rings. The number of carboxylic acids is 1. The first kappa shape index (κ1) is 15.5. The van der Waals surface area contributed by atoms with E-state index in [2.05, 4.69) is 0 Å². The van der Waals surface area contributed by atoms with E-state index in [4.69, 9.17) is 11.6 Å². The Balaban J connectivity index is 2.59. The van der Waals surface area contributed by atoms with E-state index < -0.39 is 17.3 Å². The minimum Gasteiger partial charge on any atom is -0.478 e. The van der Waals surface area contributed by atoms with E-state index in [-0.39, 0.29) is 34.5 Å². The van der Waals surface area contributed by atoms with Crippen molar-refractivity contribution in [3.05, 3.63) is 28.8 Å². The van der Waals surface area contributed by atoms with Crippen molar-refractivity contribution in [3.63, 3.8) is 0 Å². The summed E-state index contributed by atoms with van der Waals surface area (Å²) in [6.45, 7) is 5.46. The Morgan fingerprint density at radius 2 is 2.00 bits per heavy atom. The van der Waals surface area contributed by atoms with Crippen molar-refractivity contribution in [3.8, 4) is 0 Å². The third kappa shape index (κ3) is 2.31. The smallest absolute Gasteiger partial charge is 0.339 e. The Hall–Kier alpha value is -1.88. The van der Waals surface area contributed by atoms with Crippen LogP contribution in [0.4, 0.5) is 5.69 Å². The first-order valence-electron chi connectivity index (χ1n) is 6.59.